The molecule has 2 rings (SSSR count). The number of hydrogen-bond donors (Lipinski definition) is 1. The first-order valence-electron chi connectivity index (χ1n) is 6.04. The van der Waals surface area contributed by atoms with Crippen molar-refractivity contribution in [3.05, 3.63) is 33.8 Å². The maximum Gasteiger partial charge on any atom is 0.179 e. The van der Waals surface area contributed by atoms with Crippen LogP contribution in [0.2, 0.25) is 5.02 Å². The van der Waals surface area contributed by atoms with Gasteiger partial charge in [-0.05, 0) is 24.6 Å². The molecule has 0 unspecified atom stereocenters. The van der Waals surface area contributed by atoms with E-state index in [1.807, 2.05) is 13.0 Å². The second kappa shape index (κ2) is 6.70. The molecule has 1 aromatic carbocycles. The lowest BCUT2D eigenvalue weighted by atomic mass is 10.2. The van der Waals surface area contributed by atoms with Crippen LogP contribution in [0.15, 0.2) is 27.4 Å². The summed E-state index contributed by atoms with van der Waals surface area (Å²) in [5.74, 6) is 0. The molecule has 0 radical (unpaired) electrons. The summed E-state index contributed by atoms with van der Waals surface area (Å²) >= 11 is 9.49. The molecule has 1 N–H and O–H groups in total. The second-order valence-electron chi connectivity index (χ2n) is 4.48. The third-order valence-electron chi connectivity index (χ3n) is 2.44. The van der Waals surface area contributed by atoms with E-state index in [0.717, 1.165) is 31.4 Å². The maximum absolute atomic E-state index is 6.30. The summed E-state index contributed by atoms with van der Waals surface area (Å²) in [5.41, 5.74) is 1.12. The van der Waals surface area contributed by atoms with Gasteiger partial charge in [-0.25, -0.2) is 0 Å². The van der Waals surface area contributed by atoms with Crippen LogP contribution in [0.1, 0.15) is 24.4 Å². The molecule has 1 aromatic heterocycles. The van der Waals surface area contributed by atoms with Crippen LogP contribution in [0.3, 0.4) is 0 Å². The fraction of sp³-hybridized carbons (Fsp3) is 0.385. The molecule has 0 aliphatic rings. The molecule has 0 bridgehead atoms. The molecule has 0 aliphatic carbocycles. The minimum atomic E-state index is 0.453. The zero-order chi connectivity index (χ0) is 13.8. The van der Waals surface area contributed by atoms with Gasteiger partial charge >= 0.3 is 0 Å². The van der Waals surface area contributed by atoms with Crippen molar-refractivity contribution in [1.29, 1.82) is 0 Å². The number of nitrogens with one attached hydrogen (secondary N) is 1. The van der Waals surface area contributed by atoms with Crippen LogP contribution in [0.5, 0.6) is 0 Å². The Morgan fingerprint density at radius 1 is 1.37 bits per heavy atom. The number of hydrogen-bond acceptors (Lipinski definition) is 5. The molecule has 0 fully saturated rings. The summed E-state index contributed by atoms with van der Waals surface area (Å²) in [5, 5.41) is 13.2. The maximum atomic E-state index is 6.30. The molecule has 0 saturated carbocycles. The Balaban J connectivity index is 2.06. The predicted molar refractivity (Wildman–Crippen MR) is 82.2 cm³/mol. The van der Waals surface area contributed by atoms with Gasteiger partial charge in [0.2, 0.25) is 0 Å². The van der Waals surface area contributed by atoms with E-state index in [1.165, 1.54) is 0 Å². The lowest BCUT2D eigenvalue weighted by Crippen LogP contribution is -2.21. The lowest BCUT2D eigenvalue weighted by Gasteiger charge is -2.10. The van der Waals surface area contributed by atoms with Crippen LogP contribution in [0.4, 0.5) is 0 Å². The first-order chi connectivity index (χ1) is 9.04. The van der Waals surface area contributed by atoms with E-state index < -0.39 is 0 Å². The normalized spacial score (nSPS) is 11.2. The molecule has 3 nitrogen and oxygen atoms in total. The van der Waals surface area contributed by atoms with Gasteiger partial charge in [0.15, 0.2) is 4.34 Å². The molecule has 6 heteroatoms. The van der Waals surface area contributed by atoms with Crippen LogP contribution in [0, 0.1) is 6.92 Å². The molecule has 0 atom stereocenters. The molecule has 0 saturated heterocycles. The van der Waals surface area contributed by atoms with Crippen molar-refractivity contribution in [3.63, 3.8) is 0 Å². The fourth-order valence-corrected chi connectivity index (χ4v) is 3.61. The van der Waals surface area contributed by atoms with E-state index in [9.17, 15) is 0 Å². The zero-order valence-corrected chi connectivity index (χ0v) is 13.5. The number of aromatic nitrogens is 2. The Morgan fingerprint density at radius 2 is 2.16 bits per heavy atom. The Morgan fingerprint density at radius 3 is 2.74 bits per heavy atom. The highest BCUT2D eigenvalue weighted by Crippen LogP contribution is 2.32. The van der Waals surface area contributed by atoms with Crippen molar-refractivity contribution in [2.24, 2.45) is 0 Å². The standard InChI is InChI=1S/C13H16ClN3S2/c1-8(2)15-7-10-4-5-11(6-12(10)14)19-13-17-16-9(3)18-13/h4-6,8,15H,7H2,1-3H3. The van der Waals surface area contributed by atoms with Gasteiger partial charge in [0.1, 0.15) is 5.01 Å². The fourth-order valence-electron chi connectivity index (χ4n) is 1.47. The largest absolute Gasteiger partial charge is 0.310 e. The van der Waals surface area contributed by atoms with E-state index in [-0.39, 0.29) is 0 Å². The molecule has 1 heterocycles. The average Bonchev–Trinajstić information content (AvgIpc) is 2.73. The van der Waals surface area contributed by atoms with Gasteiger partial charge in [-0.15, -0.1) is 10.2 Å². The molecule has 102 valence electrons. The molecular formula is C13H16ClN3S2. The minimum Gasteiger partial charge on any atom is -0.310 e. The Kier molecular flexibility index (Phi) is 5.21. The van der Waals surface area contributed by atoms with Gasteiger partial charge in [0, 0.05) is 22.5 Å². The topological polar surface area (TPSA) is 37.8 Å². The van der Waals surface area contributed by atoms with Gasteiger partial charge in [-0.2, -0.15) is 0 Å². The third kappa shape index (κ3) is 4.45. The van der Waals surface area contributed by atoms with Gasteiger partial charge in [0.25, 0.3) is 0 Å². The monoisotopic (exact) mass is 313 g/mol. The highest BCUT2D eigenvalue weighted by atomic mass is 35.5. The first-order valence-corrected chi connectivity index (χ1v) is 8.05. The van der Waals surface area contributed by atoms with Crippen molar-refractivity contribution in [2.75, 3.05) is 0 Å². The minimum absolute atomic E-state index is 0.453. The van der Waals surface area contributed by atoms with Crippen molar-refractivity contribution in [3.8, 4) is 0 Å². The quantitative estimate of drug-likeness (QED) is 0.900. The van der Waals surface area contributed by atoms with Crippen LogP contribution >= 0.6 is 34.7 Å². The molecular weight excluding hydrogens is 298 g/mol. The summed E-state index contributed by atoms with van der Waals surface area (Å²) < 4.78 is 0.946. The van der Waals surface area contributed by atoms with Crippen LogP contribution in [-0.2, 0) is 6.54 Å². The van der Waals surface area contributed by atoms with E-state index in [4.69, 9.17) is 11.6 Å². The van der Waals surface area contributed by atoms with Crippen molar-refractivity contribution < 1.29 is 0 Å². The summed E-state index contributed by atoms with van der Waals surface area (Å²) in [6.45, 7) is 6.99. The van der Waals surface area contributed by atoms with Crippen molar-refractivity contribution in [2.45, 2.75) is 42.6 Å². The molecule has 0 amide bonds. The predicted octanol–water partition coefficient (Wildman–Crippen LogP) is 4.15. The van der Waals surface area contributed by atoms with Gasteiger partial charge in [-0.1, -0.05) is 54.6 Å². The third-order valence-corrected chi connectivity index (χ3v) is 4.67. The van der Waals surface area contributed by atoms with Gasteiger partial charge < -0.3 is 5.32 Å². The van der Waals surface area contributed by atoms with Crippen LogP contribution in [-0.4, -0.2) is 16.2 Å². The number of nitrogens with zero attached hydrogens (tertiary/aromatic N) is 2. The van der Waals surface area contributed by atoms with Crippen LogP contribution in [0.25, 0.3) is 0 Å². The summed E-state index contributed by atoms with van der Waals surface area (Å²) in [4.78, 5) is 1.09. The number of aryl methyl sites for hydroxylation is 1. The SMILES string of the molecule is Cc1nnc(Sc2ccc(CNC(C)C)c(Cl)c2)s1. The summed E-state index contributed by atoms with van der Waals surface area (Å²) in [6.07, 6.45) is 0. The number of rotatable bonds is 5. The lowest BCUT2D eigenvalue weighted by molar-refractivity contribution is 0.589. The van der Waals surface area contributed by atoms with Crippen molar-refractivity contribution >= 4 is 34.7 Å². The van der Waals surface area contributed by atoms with Gasteiger partial charge in [-0.3, -0.25) is 0 Å². The highest BCUT2D eigenvalue weighted by Gasteiger charge is 2.07. The van der Waals surface area contributed by atoms with Crippen molar-refractivity contribution in [1.82, 2.24) is 15.5 Å². The second-order valence-corrected chi connectivity index (χ2v) is 7.39. The Labute approximate surface area is 126 Å². The van der Waals surface area contributed by atoms with E-state index in [1.54, 1.807) is 23.1 Å². The molecule has 2 aromatic rings. The van der Waals surface area contributed by atoms with E-state index in [0.29, 0.717) is 6.04 Å². The molecule has 19 heavy (non-hydrogen) atoms. The Hall–Kier alpha value is -0.620. The molecule has 0 spiro atoms. The summed E-state index contributed by atoms with van der Waals surface area (Å²) in [6, 6.07) is 6.58. The smallest absolute Gasteiger partial charge is 0.179 e. The molecule has 0 aliphatic heterocycles. The van der Waals surface area contributed by atoms with Crippen LogP contribution < -0.4 is 5.32 Å². The van der Waals surface area contributed by atoms with Gasteiger partial charge in [0.05, 0.1) is 0 Å². The number of halogens is 1. The average molecular weight is 314 g/mol. The number of benzene rings is 1. The Bertz CT molecular complexity index is 555. The summed E-state index contributed by atoms with van der Waals surface area (Å²) in [7, 11) is 0. The van der Waals surface area contributed by atoms with E-state index in [2.05, 4.69) is 41.5 Å². The zero-order valence-electron chi connectivity index (χ0n) is 11.1. The first kappa shape index (κ1) is 14.8. The highest BCUT2D eigenvalue weighted by molar-refractivity contribution is 8.01. The van der Waals surface area contributed by atoms with E-state index >= 15 is 0 Å².